The Morgan fingerprint density at radius 2 is 1.84 bits per heavy atom. The predicted octanol–water partition coefficient (Wildman–Crippen LogP) is 2.93. The smallest absolute Gasteiger partial charge is 0.0493 e. The van der Waals surface area contributed by atoms with Crippen molar-refractivity contribution in [3.8, 4) is 0 Å². The van der Waals surface area contributed by atoms with Gasteiger partial charge in [0, 0.05) is 23.2 Å². The molecule has 4 heteroatoms. The Morgan fingerprint density at radius 1 is 1.21 bits per heavy atom. The van der Waals surface area contributed by atoms with Gasteiger partial charge in [-0.1, -0.05) is 28.1 Å². The number of halogens is 1. The van der Waals surface area contributed by atoms with E-state index in [1.54, 1.807) is 0 Å². The average molecular weight is 329 g/mol. The van der Waals surface area contributed by atoms with Crippen molar-refractivity contribution >= 4 is 15.9 Å². The molecule has 0 heterocycles. The molecule has 0 fully saturated rings. The number of hydrogen-bond acceptors (Lipinski definition) is 3. The first-order valence-electron chi connectivity index (χ1n) is 6.88. The van der Waals surface area contributed by atoms with Gasteiger partial charge in [-0.3, -0.25) is 4.90 Å². The van der Waals surface area contributed by atoms with Crippen molar-refractivity contribution in [3.05, 3.63) is 34.3 Å². The molecule has 2 unspecified atom stereocenters. The second-order valence-corrected chi connectivity index (χ2v) is 6.04. The van der Waals surface area contributed by atoms with Crippen molar-refractivity contribution in [1.29, 1.82) is 0 Å². The summed E-state index contributed by atoms with van der Waals surface area (Å²) in [7, 11) is 2.12. The Hall–Kier alpha value is -0.420. The molecular weight excluding hydrogens is 304 g/mol. The zero-order valence-electron chi connectivity index (χ0n) is 11.8. The minimum atomic E-state index is 0.0871. The van der Waals surface area contributed by atoms with Crippen LogP contribution in [0.5, 0.6) is 0 Å². The highest BCUT2D eigenvalue weighted by Gasteiger charge is 2.20. The van der Waals surface area contributed by atoms with Crippen LogP contribution in [0.3, 0.4) is 0 Å². The van der Waals surface area contributed by atoms with Gasteiger partial charge in [-0.05, 0) is 57.5 Å². The molecular formula is C15H25BrN2O. The van der Waals surface area contributed by atoms with Gasteiger partial charge in [0.15, 0.2) is 0 Å². The molecule has 0 amide bonds. The summed E-state index contributed by atoms with van der Waals surface area (Å²) in [5, 5.41) is 8.79. The van der Waals surface area contributed by atoms with Crippen molar-refractivity contribution in [3.63, 3.8) is 0 Å². The van der Waals surface area contributed by atoms with Gasteiger partial charge in [0.05, 0.1) is 0 Å². The molecule has 3 nitrogen and oxygen atoms in total. The minimum Gasteiger partial charge on any atom is -0.396 e. The number of rotatable bonds is 8. The lowest BCUT2D eigenvalue weighted by Crippen LogP contribution is -2.37. The van der Waals surface area contributed by atoms with E-state index in [-0.39, 0.29) is 18.7 Å². The third-order valence-electron chi connectivity index (χ3n) is 3.35. The topological polar surface area (TPSA) is 49.5 Å². The van der Waals surface area contributed by atoms with E-state index < -0.39 is 0 Å². The normalized spacial score (nSPS) is 14.6. The maximum absolute atomic E-state index is 8.79. The van der Waals surface area contributed by atoms with Gasteiger partial charge in [0.25, 0.3) is 0 Å². The summed E-state index contributed by atoms with van der Waals surface area (Å²) in [4.78, 5) is 2.31. The van der Waals surface area contributed by atoms with Crippen LogP contribution < -0.4 is 5.73 Å². The number of hydrogen-bond donors (Lipinski definition) is 2. The van der Waals surface area contributed by atoms with Crippen molar-refractivity contribution in [1.82, 2.24) is 4.90 Å². The Balaban J connectivity index is 2.63. The molecule has 1 aromatic rings. The molecule has 0 aromatic heterocycles. The zero-order valence-corrected chi connectivity index (χ0v) is 13.4. The van der Waals surface area contributed by atoms with Crippen LogP contribution in [0.15, 0.2) is 28.7 Å². The lowest BCUT2D eigenvalue weighted by molar-refractivity contribution is 0.210. The quantitative estimate of drug-likeness (QED) is 0.721. The van der Waals surface area contributed by atoms with E-state index in [0.29, 0.717) is 0 Å². The van der Waals surface area contributed by atoms with Crippen LogP contribution in [-0.4, -0.2) is 36.2 Å². The molecule has 0 radical (unpaired) electrons. The number of nitrogens with two attached hydrogens (primary N) is 1. The van der Waals surface area contributed by atoms with Crippen LogP contribution in [-0.2, 0) is 0 Å². The van der Waals surface area contributed by atoms with E-state index in [9.17, 15) is 0 Å². The maximum atomic E-state index is 8.79. The SMILES string of the molecule is CC(N)C(c1ccc(Br)cc1)N(C)CCCCCO. The van der Waals surface area contributed by atoms with E-state index in [2.05, 4.69) is 59.1 Å². The number of benzene rings is 1. The number of likely N-dealkylation sites (N-methyl/N-ethyl adjacent to an activating group) is 1. The molecule has 0 spiro atoms. The first kappa shape index (κ1) is 16.6. The Morgan fingerprint density at radius 3 is 2.37 bits per heavy atom. The van der Waals surface area contributed by atoms with E-state index in [1.165, 1.54) is 5.56 Å². The summed E-state index contributed by atoms with van der Waals surface area (Å²) in [6.07, 6.45) is 3.04. The fourth-order valence-electron chi connectivity index (χ4n) is 2.41. The van der Waals surface area contributed by atoms with E-state index >= 15 is 0 Å². The van der Waals surface area contributed by atoms with Crippen molar-refractivity contribution in [2.45, 2.75) is 38.3 Å². The molecule has 0 aliphatic carbocycles. The highest BCUT2D eigenvalue weighted by molar-refractivity contribution is 9.10. The fourth-order valence-corrected chi connectivity index (χ4v) is 2.67. The van der Waals surface area contributed by atoms with Crippen LogP contribution in [0, 0.1) is 0 Å². The summed E-state index contributed by atoms with van der Waals surface area (Å²) in [6.45, 7) is 3.34. The molecule has 1 aromatic carbocycles. The zero-order chi connectivity index (χ0) is 14.3. The fraction of sp³-hybridized carbons (Fsp3) is 0.600. The second-order valence-electron chi connectivity index (χ2n) is 5.12. The standard InChI is InChI=1S/C15H25BrN2O/c1-12(17)15(13-6-8-14(16)9-7-13)18(2)10-4-3-5-11-19/h6-9,12,15,19H,3-5,10-11,17H2,1-2H3. The number of nitrogens with zero attached hydrogens (tertiary/aromatic N) is 1. The van der Waals surface area contributed by atoms with Gasteiger partial charge >= 0.3 is 0 Å². The van der Waals surface area contributed by atoms with Crippen LogP contribution in [0.4, 0.5) is 0 Å². The van der Waals surface area contributed by atoms with Crippen molar-refractivity contribution in [2.75, 3.05) is 20.2 Å². The summed E-state index contributed by atoms with van der Waals surface area (Å²) in [5.41, 5.74) is 7.40. The Kier molecular flexibility index (Phi) is 7.61. The van der Waals surface area contributed by atoms with E-state index in [0.717, 1.165) is 30.3 Å². The van der Waals surface area contributed by atoms with Gasteiger partial charge < -0.3 is 10.8 Å². The number of aliphatic hydroxyl groups excluding tert-OH is 1. The molecule has 3 N–H and O–H groups in total. The van der Waals surface area contributed by atoms with Crippen molar-refractivity contribution < 1.29 is 5.11 Å². The minimum absolute atomic E-state index is 0.0871. The van der Waals surface area contributed by atoms with Crippen LogP contribution in [0.25, 0.3) is 0 Å². The van der Waals surface area contributed by atoms with Crippen LogP contribution >= 0.6 is 15.9 Å². The first-order valence-corrected chi connectivity index (χ1v) is 7.67. The molecule has 0 aliphatic heterocycles. The molecule has 108 valence electrons. The maximum Gasteiger partial charge on any atom is 0.0493 e. The number of unbranched alkanes of at least 4 members (excludes halogenated alkanes) is 2. The molecule has 0 saturated carbocycles. The monoisotopic (exact) mass is 328 g/mol. The Bertz CT molecular complexity index is 354. The molecule has 1 rings (SSSR count). The van der Waals surface area contributed by atoms with Gasteiger partial charge in [-0.2, -0.15) is 0 Å². The Labute approximate surface area is 124 Å². The summed E-state index contributed by atoms with van der Waals surface area (Å²) in [6, 6.07) is 8.70. The molecule has 0 bridgehead atoms. The molecule has 0 aliphatic rings. The van der Waals surface area contributed by atoms with Gasteiger partial charge in [-0.25, -0.2) is 0 Å². The van der Waals surface area contributed by atoms with E-state index in [4.69, 9.17) is 10.8 Å². The lowest BCUT2D eigenvalue weighted by Gasteiger charge is -2.31. The molecule has 19 heavy (non-hydrogen) atoms. The first-order chi connectivity index (χ1) is 9.06. The third kappa shape index (κ3) is 5.61. The highest BCUT2D eigenvalue weighted by atomic mass is 79.9. The predicted molar refractivity (Wildman–Crippen MR) is 84.1 cm³/mol. The summed E-state index contributed by atoms with van der Waals surface area (Å²) >= 11 is 3.46. The van der Waals surface area contributed by atoms with Gasteiger partial charge in [0.2, 0.25) is 0 Å². The number of aliphatic hydroxyl groups is 1. The average Bonchev–Trinajstić information content (AvgIpc) is 2.37. The van der Waals surface area contributed by atoms with Crippen LogP contribution in [0.1, 0.15) is 37.8 Å². The largest absolute Gasteiger partial charge is 0.396 e. The summed E-state index contributed by atoms with van der Waals surface area (Å²) in [5.74, 6) is 0. The van der Waals surface area contributed by atoms with Crippen LogP contribution in [0.2, 0.25) is 0 Å². The highest BCUT2D eigenvalue weighted by Crippen LogP contribution is 2.24. The second kappa shape index (κ2) is 8.69. The molecule has 0 saturated heterocycles. The lowest BCUT2D eigenvalue weighted by atomic mass is 9.99. The van der Waals surface area contributed by atoms with Gasteiger partial charge in [0.1, 0.15) is 0 Å². The molecule has 2 atom stereocenters. The van der Waals surface area contributed by atoms with Gasteiger partial charge in [-0.15, -0.1) is 0 Å². The van der Waals surface area contributed by atoms with E-state index in [1.807, 2.05) is 0 Å². The third-order valence-corrected chi connectivity index (χ3v) is 3.88. The summed E-state index contributed by atoms with van der Waals surface area (Å²) < 4.78 is 1.09. The van der Waals surface area contributed by atoms with Crippen molar-refractivity contribution in [2.24, 2.45) is 5.73 Å².